The summed E-state index contributed by atoms with van der Waals surface area (Å²) in [6, 6.07) is 2.70. The first-order chi connectivity index (χ1) is 10.7. The second-order valence-electron chi connectivity index (χ2n) is 5.24. The van der Waals surface area contributed by atoms with Gasteiger partial charge in [-0.1, -0.05) is 0 Å². The second-order valence-corrected chi connectivity index (χ2v) is 5.24. The molecule has 0 aliphatic heterocycles. The zero-order valence-corrected chi connectivity index (χ0v) is 13.1. The van der Waals surface area contributed by atoms with E-state index in [9.17, 15) is 18.0 Å². The molecule has 2 aromatic heterocycles. The number of carbonyl (C=O) groups is 1. The van der Waals surface area contributed by atoms with Crippen LogP contribution in [0.4, 0.5) is 13.2 Å². The molecule has 2 aromatic rings. The Labute approximate surface area is 131 Å². The topological polar surface area (TPSA) is 56.0 Å². The molecule has 9 heteroatoms. The van der Waals surface area contributed by atoms with Crippen LogP contribution in [-0.2, 0) is 30.6 Å². The van der Waals surface area contributed by atoms with Crippen molar-refractivity contribution in [2.45, 2.75) is 39.7 Å². The number of hydrogen-bond acceptors (Lipinski definition) is 3. The van der Waals surface area contributed by atoms with E-state index < -0.39 is 24.3 Å². The van der Waals surface area contributed by atoms with Crippen LogP contribution in [0.1, 0.15) is 24.0 Å². The van der Waals surface area contributed by atoms with Gasteiger partial charge in [-0.3, -0.25) is 14.2 Å². The van der Waals surface area contributed by atoms with Crippen LogP contribution in [0.5, 0.6) is 0 Å². The summed E-state index contributed by atoms with van der Waals surface area (Å²) in [5, 5.41) is 7.99. The van der Waals surface area contributed by atoms with Gasteiger partial charge >= 0.3 is 6.18 Å². The normalized spacial score (nSPS) is 11.7. The molecule has 0 spiro atoms. The molecule has 2 heterocycles. The molecule has 6 nitrogen and oxygen atoms in total. The number of alkyl halides is 3. The van der Waals surface area contributed by atoms with Crippen molar-refractivity contribution in [2.75, 3.05) is 7.05 Å². The minimum absolute atomic E-state index is 0.217. The molecule has 23 heavy (non-hydrogen) atoms. The highest BCUT2D eigenvalue weighted by Gasteiger charge is 2.36. The number of rotatable bonds is 5. The molecule has 0 unspecified atom stereocenters. The Hall–Kier alpha value is -2.32. The molecule has 0 radical (unpaired) electrons. The van der Waals surface area contributed by atoms with Crippen molar-refractivity contribution < 1.29 is 18.0 Å². The predicted octanol–water partition coefficient (Wildman–Crippen LogP) is 2.09. The predicted molar refractivity (Wildman–Crippen MR) is 76.3 cm³/mol. The first kappa shape index (κ1) is 17.0. The zero-order valence-electron chi connectivity index (χ0n) is 13.1. The summed E-state index contributed by atoms with van der Waals surface area (Å²) in [6.07, 6.45) is -2.76. The highest BCUT2D eigenvalue weighted by atomic mass is 19.4. The Morgan fingerprint density at radius 2 is 2.04 bits per heavy atom. The van der Waals surface area contributed by atoms with E-state index in [1.165, 1.54) is 18.9 Å². The minimum Gasteiger partial charge on any atom is -0.338 e. The molecule has 0 fully saturated rings. The Kier molecular flexibility index (Phi) is 4.76. The molecule has 2 rings (SSSR count). The lowest BCUT2D eigenvalue weighted by Gasteiger charge is -2.17. The van der Waals surface area contributed by atoms with Crippen LogP contribution >= 0.6 is 0 Å². The largest absolute Gasteiger partial charge is 0.433 e. The Bertz CT molecular complexity index is 689. The number of halogens is 3. The van der Waals surface area contributed by atoms with Crippen molar-refractivity contribution in [3.8, 4) is 0 Å². The molecule has 0 aliphatic rings. The van der Waals surface area contributed by atoms with Crippen LogP contribution < -0.4 is 0 Å². The van der Waals surface area contributed by atoms with Crippen molar-refractivity contribution in [3.63, 3.8) is 0 Å². The Morgan fingerprint density at radius 1 is 1.35 bits per heavy atom. The maximum atomic E-state index is 12.9. The van der Waals surface area contributed by atoms with E-state index in [4.69, 9.17) is 0 Å². The van der Waals surface area contributed by atoms with Crippen LogP contribution in [0.2, 0.25) is 0 Å². The lowest BCUT2D eigenvalue weighted by Crippen LogP contribution is -2.31. The van der Waals surface area contributed by atoms with Gasteiger partial charge in [-0.2, -0.15) is 23.4 Å². The fourth-order valence-corrected chi connectivity index (χ4v) is 2.14. The fourth-order valence-electron chi connectivity index (χ4n) is 2.14. The molecule has 0 aromatic carbocycles. The van der Waals surface area contributed by atoms with Gasteiger partial charge in [0, 0.05) is 19.8 Å². The number of nitrogens with zero attached hydrogens (tertiary/aromatic N) is 5. The molecule has 0 saturated heterocycles. The maximum Gasteiger partial charge on any atom is 0.433 e. The van der Waals surface area contributed by atoms with Gasteiger partial charge in [-0.15, -0.1) is 0 Å². The molecule has 0 atom stereocenters. The summed E-state index contributed by atoms with van der Waals surface area (Å²) < 4.78 is 41.1. The average Bonchev–Trinajstić information content (AvgIpc) is 3.04. The van der Waals surface area contributed by atoms with E-state index in [0.29, 0.717) is 16.9 Å². The first-order valence-corrected chi connectivity index (χ1v) is 7.08. The number of carbonyl (C=O) groups excluding carboxylic acids is 1. The van der Waals surface area contributed by atoms with E-state index >= 15 is 0 Å². The summed E-state index contributed by atoms with van der Waals surface area (Å²) in [4.78, 5) is 13.5. The van der Waals surface area contributed by atoms with Gasteiger partial charge in [-0.05, 0) is 26.0 Å². The van der Waals surface area contributed by atoms with Gasteiger partial charge < -0.3 is 4.90 Å². The fraction of sp³-hybridized carbons (Fsp3) is 0.500. The monoisotopic (exact) mass is 329 g/mol. The molecule has 0 saturated carbocycles. The molecular formula is C14H18F3N5O. The van der Waals surface area contributed by atoms with Gasteiger partial charge in [0.2, 0.25) is 5.91 Å². The smallest absolute Gasteiger partial charge is 0.338 e. The van der Waals surface area contributed by atoms with Crippen LogP contribution in [0.15, 0.2) is 18.3 Å². The minimum atomic E-state index is -4.54. The third kappa shape index (κ3) is 4.11. The lowest BCUT2D eigenvalue weighted by atomic mass is 10.3. The van der Waals surface area contributed by atoms with E-state index in [-0.39, 0.29) is 12.2 Å². The number of aryl methyl sites for hydroxylation is 2. The van der Waals surface area contributed by atoms with Crippen LogP contribution in [-0.4, -0.2) is 37.4 Å². The SMILES string of the molecule is CCn1ccc(CN(C)C(=O)Cn2nc(C)cc2C(F)(F)F)n1. The van der Waals surface area contributed by atoms with Gasteiger partial charge in [0.25, 0.3) is 0 Å². The van der Waals surface area contributed by atoms with Gasteiger partial charge in [-0.25, -0.2) is 0 Å². The van der Waals surface area contributed by atoms with Gasteiger partial charge in [0.1, 0.15) is 12.2 Å². The van der Waals surface area contributed by atoms with Crippen molar-refractivity contribution in [3.05, 3.63) is 35.4 Å². The second kappa shape index (κ2) is 6.43. The van der Waals surface area contributed by atoms with Crippen molar-refractivity contribution in [1.82, 2.24) is 24.5 Å². The number of likely N-dealkylation sites (N-methyl/N-ethyl adjacent to an activating group) is 1. The van der Waals surface area contributed by atoms with Crippen molar-refractivity contribution in [2.24, 2.45) is 0 Å². The number of amides is 1. The zero-order chi connectivity index (χ0) is 17.2. The molecular weight excluding hydrogens is 311 g/mol. The molecule has 126 valence electrons. The number of aromatic nitrogens is 4. The Morgan fingerprint density at radius 3 is 2.61 bits per heavy atom. The van der Waals surface area contributed by atoms with Crippen LogP contribution in [0, 0.1) is 6.92 Å². The van der Waals surface area contributed by atoms with Crippen molar-refractivity contribution >= 4 is 5.91 Å². The van der Waals surface area contributed by atoms with Crippen LogP contribution in [0.25, 0.3) is 0 Å². The Balaban J connectivity index is 2.06. The standard InChI is InChI=1S/C14H18F3N5O/c1-4-21-6-5-11(19-21)8-20(3)13(23)9-22-12(14(15,16)17)7-10(2)18-22/h5-7H,4,8-9H2,1-3H3. The lowest BCUT2D eigenvalue weighted by molar-refractivity contribution is -0.145. The van der Waals surface area contributed by atoms with Gasteiger partial charge in [0.15, 0.2) is 0 Å². The summed E-state index contributed by atoms with van der Waals surface area (Å²) >= 11 is 0. The summed E-state index contributed by atoms with van der Waals surface area (Å²) in [7, 11) is 1.52. The van der Waals surface area contributed by atoms with Crippen LogP contribution in [0.3, 0.4) is 0 Å². The third-order valence-corrected chi connectivity index (χ3v) is 3.32. The molecule has 0 N–H and O–H groups in total. The molecule has 1 amide bonds. The van der Waals surface area contributed by atoms with Crippen molar-refractivity contribution in [1.29, 1.82) is 0 Å². The molecule has 0 aliphatic carbocycles. The first-order valence-electron chi connectivity index (χ1n) is 7.08. The maximum absolute atomic E-state index is 12.9. The number of hydrogen-bond donors (Lipinski definition) is 0. The summed E-state index contributed by atoms with van der Waals surface area (Å²) in [5.41, 5.74) is -0.0307. The van der Waals surface area contributed by atoms with E-state index in [1.54, 1.807) is 16.9 Å². The third-order valence-electron chi connectivity index (χ3n) is 3.32. The summed E-state index contributed by atoms with van der Waals surface area (Å²) in [6.45, 7) is 3.86. The van der Waals surface area contributed by atoms with E-state index in [2.05, 4.69) is 10.2 Å². The molecule has 0 bridgehead atoms. The average molecular weight is 329 g/mol. The van der Waals surface area contributed by atoms with Gasteiger partial charge in [0.05, 0.1) is 17.9 Å². The van der Waals surface area contributed by atoms with E-state index in [1.807, 2.05) is 6.92 Å². The van der Waals surface area contributed by atoms with E-state index in [0.717, 1.165) is 6.07 Å². The quantitative estimate of drug-likeness (QED) is 0.844. The highest BCUT2D eigenvalue weighted by molar-refractivity contribution is 5.75. The summed E-state index contributed by atoms with van der Waals surface area (Å²) in [5.74, 6) is -0.468. The highest BCUT2D eigenvalue weighted by Crippen LogP contribution is 2.29.